The van der Waals surface area contributed by atoms with Crippen molar-refractivity contribution in [3.63, 3.8) is 0 Å². The van der Waals surface area contributed by atoms with Crippen LogP contribution in [-0.4, -0.2) is 18.8 Å². The Morgan fingerprint density at radius 2 is 1.39 bits per heavy atom. The molecule has 2 N–H and O–H groups in total. The number of hydrogen-bond donors (Lipinski definition) is 1. The van der Waals surface area contributed by atoms with E-state index in [1.165, 1.54) is 77.0 Å². The molecule has 2 rings (SSSR count). The van der Waals surface area contributed by atoms with Crippen LogP contribution in [0.2, 0.25) is 0 Å². The Balaban J connectivity index is 1.81. The van der Waals surface area contributed by atoms with Crippen molar-refractivity contribution in [2.75, 3.05) is 13.2 Å². The van der Waals surface area contributed by atoms with Crippen molar-refractivity contribution in [1.29, 1.82) is 0 Å². The van der Waals surface area contributed by atoms with E-state index in [4.69, 9.17) is 10.5 Å². The molecular weight excluding hydrogens is 222 g/mol. The third-order valence-corrected chi connectivity index (χ3v) is 4.99. The monoisotopic (exact) mass is 253 g/mol. The van der Waals surface area contributed by atoms with Gasteiger partial charge in [-0.25, -0.2) is 0 Å². The Morgan fingerprint density at radius 3 is 1.94 bits per heavy atom. The normalized spacial score (nSPS) is 26.5. The zero-order valence-electron chi connectivity index (χ0n) is 12.0. The minimum atomic E-state index is 0.0306. The van der Waals surface area contributed by atoms with Gasteiger partial charge in [-0.2, -0.15) is 0 Å². The third-order valence-electron chi connectivity index (χ3n) is 4.99. The van der Waals surface area contributed by atoms with Crippen LogP contribution in [0.5, 0.6) is 0 Å². The first-order valence-corrected chi connectivity index (χ1v) is 8.19. The second kappa shape index (κ2) is 7.49. The smallest absolute Gasteiger partial charge is 0.0804 e. The van der Waals surface area contributed by atoms with Gasteiger partial charge in [0.15, 0.2) is 0 Å². The number of rotatable bonds is 4. The Kier molecular flexibility index (Phi) is 5.97. The van der Waals surface area contributed by atoms with Gasteiger partial charge in [0.2, 0.25) is 0 Å². The lowest BCUT2D eigenvalue weighted by atomic mass is 9.93. The molecule has 0 spiro atoms. The van der Waals surface area contributed by atoms with Crippen LogP contribution in [0.15, 0.2) is 0 Å². The van der Waals surface area contributed by atoms with Crippen molar-refractivity contribution < 1.29 is 4.74 Å². The summed E-state index contributed by atoms with van der Waals surface area (Å²) in [6.45, 7) is 1.69. The molecule has 0 bridgehead atoms. The molecule has 0 aromatic heterocycles. The Labute approximate surface area is 113 Å². The van der Waals surface area contributed by atoms with Crippen LogP contribution < -0.4 is 5.73 Å². The summed E-state index contributed by atoms with van der Waals surface area (Å²) in [5.41, 5.74) is 6.06. The summed E-state index contributed by atoms with van der Waals surface area (Å²) in [6.07, 6.45) is 16.2. The molecule has 18 heavy (non-hydrogen) atoms. The summed E-state index contributed by atoms with van der Waals surface area (Å²) in [5, 5.41) is 0. The maximum absolute atomic E-state index is 6.37. The van der Waals surface area contributed by atoms with Crippen LogP contribution in [0, 0.1) is 5.92 Å². The van der Waals surface area contributed by atoms with Crippen molar-refractivity contribution in [3.8, 4) is 0 Å². The fraction of sp³-hybridized carbons (Fsp3) is 1.00. The lowest BCUT2D eigenvalue weighted by molar-refractivity contribution is -0.0659. The molecule has 0 radical (unpaired) electrons. The first kappa shape index (κ1) is 14.3. The van der Waals surface area contributed by atoms with Gasteiger partial charge in [0.1, 0.15) is 0 Å². The summed E-state index contributed by atoms with van der Waals surface area (Å²) in [7, 11) is 0. The Hall–Kier alpha value is -0.0800. The average molecular weight is 253 g/mol. The van der Waals surface area contributed by atoms with Gasteiger partial charge in [-0.3, -0.25) is 0 Å². The van der Waals surface area contributed by atoms with Gasteiger partial charge in [0.25, 0.3) is 0 Å². The van der Waals surface area contributed by atoms with E-state index in [1.807, 2.05) is 0 Å². The standard InChI is InChI=1S/C16H31NO/c17-14-16(11-7-3-4-8-12-16)18-13-15-9-5-1-2-6-10-15/h15H,1-14,17H2. The average Bonchev–Trinajstić information content (AvgIpc) is 2.80. The second-order valence-electron chi connectivity index (χ2n) is 6.47. The Morgan fingerprint density at radius 1 is 0.833 bits per heavy atom. The van der Waals surface area contributed by atoms with E-state index in [0.717, 1.165) is 19.1 Å². The zero-order chi connectivity index (χ0) is 12.7. The molecule has 0 aromatic rings. The fourth-order valence-corrected chi connectivity index (χ4v) is 3.61. The van der Waals surface area contributed by atoms with Gasteiger partial charge in [-0.05, 0) is 31.6 Å². The molecule has 2 fully saturated rings. The topological polar surface area (TPSA) is 35.2 Å². The van der Waals surface area contributed by atoms with Crippen LogP contribution >= 0.6 is 0 Å². The van der Waals surface area contributed by atoms with Gasteiger partial charge in [-0.1, -0.05) is 51.4 Å². The van der Waals surface area contributed by atoms with Crippen LogP contribution in [0.3, 0.4) is 0 Å². The van der Waals surface area contributed by atoms with Crippen molar-refractivity contribution in [1.82, 2.24) is 0 Å². The van der Waals surface area contributed by atoms with Gasteiger partial charge in [-0.15, -0.1) is 0 Å². The van der Waals surface area contributed by atoms with Crippen molar-refractivity contribution in [2.24, 2.45) is 11.7 Å². The quantitative estimate of drug-likeness (QED) is 0.768. The summed E-state index contributed by atoms with van der Waals surface area (Å²) in [4.78, 5) is 0. The van der Waals surface area contributed by atoms with Crippen LogP contribution in [0.1, 0.15) is 77.0 Å². The molecule has 0 amide bonds. The maximum atomic E-state index is 6.37. The van der Waals surface area contributed by atoms with Gasteiger partial charge in [0.05, 0.1) is 12.2 Å². The molecule has 2 heteroatoms. The minimum Gasteiger partial charge on any atom is -0.373 e. The molecule has 2 saturated carbocycles. The van der Waals surface area contributed by atoms with E-state index >= 15 is 0 Å². The van der Waals surface area contributed by atoms with Crippen LogP contribution in [0.25, 0.3) is 0 Å². The highest BCUT2D eigenvalue weighted by Crippen LogP contribution is 2.32. The largest absolute Gasteiger partial charge is 0.373 e. The number of ether oxygens (including phenoxy) is 1. The van der Waals surface area contributed by atoms with Gasteiger partial charge in [0, 0.05) is 6.54 Å². The van der Waals surface area contributed by atoms with Crippen molar-refractivity contribution in [2.45, 2.75) is 82.7 Å². The molecule has 106 valence electrons. The fourth-order valence-electron chi connectivity index (χ4n) is 3.61. The molecule has 2 nitrogen and oxygen atoms in total. The summed E-state index contributed by atoms with van der Waals surface area (Å²) in [5.74, 6) is 0.805. The molecule has 0 atom stereocenters. The molecule has 2 aliphatic rings. The highest BCUT2D eigenvalue weighted by atomic mass is 16.5. The predicted octanol–water partition coefficient (Wildman–Crippen LogP) is 4.03. The van der Waals surface area contributed by atoms with Crippen LogP contribution in [0.4, 0.5) is 0 Å². The molecule has 0 aliphatic heterocycles. The van der Waals surface area contributed by atoms with E-state index in [9.17, 15) is 0 Å². The Bertz CT molecular complexity index is 213. The molecule has 0 heterocycles. The molecule has 0 unspecified atom stereocenters. The summed E-state index contributed by atoms with van der Waals surface area (Å²) >= 11 is 0. The maximum Gasteiger partial charge on any atom is 0.0804 e. The molecule has 2 aliphatic carbocycles. The van der Waals surface area contributed by atoms with Crippen LogP contribution in [-0.2, 0) is 4.74 Å². The minimum absolute atomic E-state index is 0.0306. The predicted molar refractivity (Wildman–Crippen MR) is 76.6 cm³/mol. The molecular formula is C16H31NO. The van der Waals surface area contributed by atoms with E-state index < -0.39 is 0 Å². The number of nitrogens with two attached hydrogens (primary N) is 1. The highest BCUT2D eigenvalue weighted by Gasteiger charge is 2.31. The van der Waals surface area contributed by atoms with E-state index in [0.29, 0.717) is 0 Å². The zero-order valence-corrected chi connectivity index (χ0v) is 12.0. The lowest BCUT2D eigenvalue weighted by Crippen LogP contribution is -2.41. The van der Waals surface area contributed by atoms with Gasteiger partial charge < -0.3 is 10.5 Å². The first-order chi connectivity index (χ1) is 8.85. The van der Waals surface area contributed by atoms with Crippen molar-refractivity contribution in [3.05, 3.63) is 0 Å². The van der Waals surface area contributed by atoms with Crippen molar-refractivity contribution >= 4 is 0 Å². The SMILES string of the molecule is NCC1(OCC2CCCCCC2)CCCCCC1. The highest BCUT2D eigenvalue weighted by molar-refractivity contribution is 4.84. The van der Waals surface area contributed by atoms with E-state index in [1.54, 1.807) is 0 Å². The van der Waals surface area contributed by atoms with E-state index in [2.05, 4.69) is 0 Å². The number of hydrogen-bond acceptors (Lipinski definition) is 2. The second-order valence-corrected chi connectivity index (χ2v) is 6.47. The molecule has 0 saturated heterocycles. The first-order valence-electron chi connectivity index (χ1n) is 8.19. The lowest BCUT2D eigenvalue weighted by Gasteiger charge is -2.33. The summed E-state index contributed by atoms with van der Waals surface area (Å²) in [6, 6.07) is 0. The van der Waals surface area contributed by atoms with Gasteiger partial charge >= 0.3 is 0 Å². The van der Waals surface area contributed by atoms with E-state index in [-0.39, 0.29) is 5.60 Å². The summed E-state index contributed by atoms with van der Waals surface area (Å²) < 4.78 is 6.37. The molecule has 0 aromatic carbocycles. The third kappa shape index (κ3) is 4.24.